The van der Waals surface area contributed by atoms with E-state index in [-0.39, 0.29) is 18.1 Å². The van der Waals surface area contributed by atoms with E-state index in [2.05, 4.69) is 4.98 Å². The van der Waals surface area contributed by atoms with Gasteiger partial charge in [-0.25, -0.2) is 4.39 Å². The van der Waals surface area contributed by atoms with Gasteiger partial charge in [-0.2, -0.15) is 0 Å². The summed E-state index contributed by atoms with van der Waals surface area (Å²) in [6, 6.07) is 11.8. The molecule has 0 saturated heterocycles. The van der Waals surface area contributed by atoms with Crippen molar-refractivity contribution >= 4 is 17.5 Å². The van der Waals surface area contributed by atoms with Gasteiger partial charge in [0.05, 0.1) is 18.4 Å². The van der Waals surface area contributed by atoms with Gasteiger partial charge in [-0.1, -0.05) is 41.9 Å². The van der Waals surface area contributed by atoms with E-state index in [9.17, 15) is 14.3 Å². The summed E-state index contributed by atoms with van der Waals surface area (Å²) < 4.78 is 12.9. The van der Waals surface area contributed by atoms with Crippen LogP contribution in [0.4, 0.5) is 4.39 Å². The van der Waals surface area contributed by atoms with Crippen LogP contribution < -0.4 is 0 Å². The number of nitrogens with zero attached hydrogens (tertiary/aromatic N) is 2. The number of hydrogen-bond donors (Lipinski definition) is 1. The lowest BCUT2D eigenvalue weighted by molar-refractivity contribution is -0.131. The largest absolute Gasteiger partial charge is 0.368 e. The topological polar surface area (TPSA) is 53.4 Å². The number of carbonyl (C=O) groups is 1. The highest BCUT2D eigenvalue weighted by molar-refractivity contribution is 6.22. The molecule has 0 saturated carbocycles. The summed E-state index contributed by atoms with van der Waals surface area (Å²) in [7, 11) is 0. The zero-order valence-corrected chi connectivity index (χ0v) is 12.8. The van der Waals surface area contributed by atoms with Gasteiger partial charge in [0.25, 0.3) is 0 Å². The van der Waals surface area contributed by atoms with Crippen molar-refractivity contribution in [2.75, 3.05) is 6.54 Å². The minimum atomic E-state index is -1.88. The fraction of sp³-hybridized carbons (Fsp3) is 0.250. The van der Waals surface area contributed by atoms with Crippen LogP contribution in [0.25, 0.3) is 0 Å². The first-order chi connectivity index (χ1) is 10.4. The number of rotatable bonds is 5. The Morgan fingerprint density at radius 1 is 1.32 bits per heavy atom. The number of aromatic nitrogens is 1. The number of alkyl halides is 1. The van der Waals surface area contributed by atoms with Crippen LogP contribution in [0.15, 0.2) is 48.7 Å². The lowest BCUT2D eigenvalue weighted by atomic mass is 10.1. The Hall–Kier alpha value is -1.98. The Balaban J connectivity index is 2.16. The van der Waals surface area contributed by atoms with E-state index >= 15 is 0 Å². The van der Waals surface area contributed by atoms with E-state index in [4.69, 9.17) is 11.6 Å². The predicted octanol–water partition coefficient (Wildman–Crippen LogP) is 2.65. The monoisotopic (exact) mass is 322 g/mol. The van der Waals surface area contributed by atoms with Crippen LogP contribution in [-0.2, 0) is 16.4 Å². The molecule has 0 aliphatic heterocycles. The van der Waals surface area contributed by atoms with Gasteiger partial charge in [0.1, 0.15) is 5.82 Å². The molecule has 2 rings (SSSR count). The Morgan fingerprint density at radius 3 is 2.55 bits per heavy atom. The highest BCUT2D eigenvalue weighted by Gasteiger charge is 2.31. The normalized spacial score (nSPS) is 13.5. The van der Waals surface area contributed by atoms with E-state index in [0.29, 0.717) is 6.54 Å². The molecule has 4 nitrogen and oxygen atoms in total. The van der Waals surface area contributed by atoms with Gasteiger partial charge in [-0.3, -0.25) is 9.78 Å². The van der Waals surface area contributed by atoms with E-state index in [1.807, 2.05) is 30.3 Å². The number of carbonyl (C=O) groups excluding carboxylic acids is 1. The molecule has 1 amide bonds. The van der Waals surface area contributed by atoms with Crippen molar-refractivity contribution in [2.24, 2.45) is 0 Å². The summed E-state index contributed by atoms with van der Waals surface area (Å²) in [5.41, 5.74) is 1.01. The molecule has 1 heterocycles. The molecule has 0 spiro atoms. The standard InChI is InChI=1S/C16H16ClFN2O2/c1-12(21)20(10-13-5-3-2-4-6-13)11-16(17,22)15-8-7-14(18)9-19-15/h2-9,22H,10-11H2,1H3. The molecule has 0 radical (unpaired) electrons. The number of benzene rings is 1. The summed E-state index contributed by atoms with van der Waals surface area (Å²) in [6.07, 6.45) is 0.970. The molecule has 0 bridgehead atoms. The zero-order chi connectivity index (χ0) is 16.2. The summed E-state index contributed by atoms with van der Waals surface area (Å²) >= 11 is 6.10. The van der Waals surface area contributed by atoms with Crippen molar-refractivity contribution in [3.05, 3.63) is 65.7 Å². The molecule has 6 heteroatoms. The minimum absolute atomic E-state index is 0.0925. The quantitative estimate of drug-likeness (QED) is 0.861. The zero-order valence-electron chi connectivity index (χ0n) is 12.0. The summed E-state index contributed by atoms with van der Waals surface area (Å²) in [5, 5.41) is 8.48. The van der Waals surface area contributed by atoms with Crippen molar-refractivity contribution < 1.29 is 14.3 Å². The molecule has 1 N–H and O–H groups in total. The smallest absolute Gasteiger partial charge is 0.219 e. The highest BCUT2D eigenvalue weighted by Crippen LogP contribution is 2.26. The molecule has 1 unspecified atom stereocenters. The van der Waals surface area contributed by atoms with Crippen molar-refractivity contribution in [1.29, 1.82) is 0 Å². The number of aliphatic hydroxyl groups is 1. The van der Waals surface area contributed by atoms with Crippen LogP contribution in [0.5, 0.6) is 0 Å². The fourth-order valence-corrected chi connectivity index (χ4v) is 2.27. The second-order valence-electron chi connectivity index (χ2n) is 4.98. The Kier molecular flexibility index (Phi) is 5.11. The van der Waals surface area contributed by atoms with Crippen LogP contribution >= 0.6 is 11.6 Å². The molecule has 0 fully saturated rings. The van der Waals surface area contributed by atoms with Crippen LogP contribution in [0.2, 0.25) is 0 Å². The van der Waals surface area contributed by atoms with Crippen molar-refractivity contribution in [2.45, 2.75) is 18.5 Å². The molecule has 116 valence electrons. The van der Waals surface area contributed by atoms with Gasteiger partial charge in [-0.15, -0.1) is 0 Å². The number of hydrogen-bond acceptors (Lipinski definition) is 3. The van der Waals surface area contributed by atoms with Gasteiger partial charge in [0, 0.05) is 13.5 Å². The average molecular weight is 323 g/mol. The third-order valence-corrected chi connectivity index (χ3v) is 3.49. The molecule has 1 atom stereocenters. The maximum Gasteiger partial charge on any atom is 0.219 e. The Bertz CT molecular complexity index is 632. The summed E-state index contributed by atoms with van der Waals surface area (Å²) in [4.78, 5) is 17.0. The second-order valence-corrected chi connectivity index (χ2v) is 5.61. The average Bonchev–Trinajstić information content (AvgIpc) is 2.48. The Labute approximate surface area is 133 Å². The van der Waals surface area contributed by atoms with Crippen LogP contribution in [0.1, 0.15) is 18.2 Å². The number of pyridine rings is 1. The van der Waals surface area contributed by atoms with Gasteiger partial charge >= 0.3 is 0 Å². The molecular formula is C16H16ClFN2O2. The Morgan fingerprint density at radius 2 is 2.00 bits per heavy atom. The lowest BCUT2D eigenvalue weighted by Crippen LogP contribution is -2.40. The first-order valence-electron chi connectivity index (χ1n) is 6.71. The van der Waals surface area contributed by atoms with Gasteiger partial charge in [0.15, 0.2) is 5.06 Å². The maximum absolute atomic E-state index is 12.9. The fourth-order valence-electron chi connectivity index (χ4n) is 2.02. The van der Waals surface area contributed by atoms with Crippen molar-refractivity contribution in [3.63, 3.8) is 0 Å². The number of amides is 1. The minimum Gasteiger partial charge on any atom is -0.368 e. The van der Waals surface area contributed by atoms with E-state index in [1.54, 1.807) is 0 Å². The van der Waals surface area contributed by atoms with Crippen molar-refractivity contribution in [3.8, 4) is 0 Å². The lowest BCUT2D eigenvalue weighted by Gasteiger charge is -2.29. The third-order valence-electron chi connectivity index (χ3n) is 3.18. The molecule has 1 aromatic carbocycles. The molecule has 1 aromatic heterocycles. The van der Waals surface area contributed by atoms with Gasteiger partial charge < -0.3 is 10.0 Å². The first kappa shape index (κ1) is 16.4. The predicted molar refractivity (Wildman–Crippen MR) is 81.5 cm³/mol. The molecule has 22 heavy (non-hydrogen) atoms. The third kappa shape index (κ3) is 4.26. The molecular weight excluding hydrogens is 307 g/mol. The van der Waals surface area contributed by atoms with E-state index in [0.717, 1.165) is 17.8 Å². The van der Waals surface area contributed by atoms with Crippen LogP contribution in [0, 0.1) is 5.82 Å². The SMILES string of the molecule is CC(=O)N(Cc1ccccc1)CC(O)(Cl)c1ccc(F)cn1. The van der Waals surface area contributed by atoms with E-state index < -0.39 is 10.9 Å². The molecule has 2 aromatic rings. The van der Waals surface area contributed by atoms with E-state index in [1.165, 1.54) is 17.9 Å². The summed E-state index contributed by atoms with van der Waals surface area (Å²) in [6.45, 7) is 1.55. The summed E-state index contributed by atoms with van der Waals surface area (Å²) in [5.74, 6) is -0.756. The van der Waals surface area contributed by atoms with Crippen molar-refractivity contribution in [1.82, 2.24) is 9.88 Å². The van der Waals surface area contributed by atoms with Gasteiger partial charge in [-0.05, 0) is 17.7 Å². The van der Waals surface area contributed by atoms with Crippen LogP contribution in [0.3, 0.4) is 0 Å². The molecule has 0 aliphatic carbocycles. The number of halogens is 2. The molecule has 0 aliphatic rings. The first-order valence-corrected chi connectivity index (χ1v) is 7.09. The second kappa shape index (κ2) is 6.85. The highest BCUT2D eigenvalue weighted by atomic mass is 35.5. The van der Waals surface area contributed by atoms with Gasteiger partial charge in [0.2, 0.25) is 5.91 Å². The maximum atomic E-state index is 12.9. The van der Waals surface area contributed by atoms with Crippen LogP contribution in [-0.4, -0.2) is 27.4 Å².